The van der Waals surface area contributed by atoms with E-state index in [1.165, 1.54) is 0 Å². The van der Waals surface area contributed by atoms with Gasteiger partial charge < -0.3 is 14.8 Å². The monoisotopic (exact) mass is 375 g/mol. The summed E-state index contributed by atoms with van der Waals surface area (Å²) in [6.45, 7) is 5.91. The molecule has 0 unspecified atom stereocenters. The molecule has 4 nitrogen and oxygen atoms in total. The van der Waals surface area contributed by atoms with Crippen LogP contribution in [0.5, 0.6) is 5.75 Å². The molecule has 0 saturated heterocycles. The molecule has 0 aliphatic heterocycles. The number of carbonyl (C=O) groups excluding carboxylic acids is 1. The zero-order valence-corrected chi connectivity index (χ0v) is 14.7. The Hall–Kier alpha value is -0.940. The number of hydrogen-bond donors (Lipinski definition) is 1. The Kier molecular flexibility index (Phi) is 4.73. The minimum Gasteiger partial charge on any atom is -0.490 e. The van der Waals surface area contributed by atoms with Crippen LogP contribution in [-0.4, -0.2) is 23.8 Å². The van der Waals surface area contributed by atoms with Crippen molar-refractivity contribution in [1.82, 2.24) is 5.32 Å². The SMILES string of the molecule is CC(C)(C)OC(=O)NC1(COc2cc(Cl)ccc2Br)CC1. The molecule has 0 spiro atoms. The molecule has 0 atom stereocenters. The van der Waals surface area contributed by atoms with Gasteiger partial charge in [-0.1, -0.05) is 11.6 Å². The lowest BCUT2D eigenvalue weighted by Crippen LogP contribution is -2.44. The van der Waals surface area contributed by atoms with Crippen LogP contribution < -0.4 is 10.1 Å². The van der Waals surface area contributed by atoms with E-state index in [2.05, 4.69) is 21.2 Å². The number of amides is 1. The maximum atomic E-state index is 11.8. The summed E-state index contributed by atoms with van der Waals surface area (Å²) < 4.78 is 11.9. The zero-order chi connectivity index (χ0) is 15.7. The third-order valence-corrected chi connectivity index (χ3v) is 3.91. The first-order chi connectivity index (χ1) is 9.69. The van der Waals surface area contributed by atoms with E-state index in [-0.39, 0.29) is 5.54 Å². The Morgan fingerprint density at radius 2 is 2.10 bits per heavy atom. The Bertz CT molecular complexity index is 538. The largest absolute Gasteiger partial charge is 0.490 e. The summed E-state index contributed by atoms with van der Waals surface area (Å²) in [6, 6.07) is 5.36. The van der Waals surface area contributed by atoms with Crippen molar-refractivity contribution >= 4 is 33.6 Å². The summed E-state index contributed by atoms with van der Waals surface area (Å²) in [4.78, 5) is 11.8. The number of carbonyl (C=O) groups is 1. The zero-order valence-electron chi connectivity index (χ0n) is 12.3. The second-order valence-corrected chi connectivity index (χ2v) is 7.56. The molecule has 1 amide bonds. The van der Waals surface area contributed by atoms with Crippen molar-refractivity contribution < 1.29 is 14.3 Å². The molecule has 1 saturated carbocycles. The normalized spacial score (nSPS) is 16.2. The van der Waals surface area contributed by atoms with Crippen molar-refractivity contribution in [3.05, 3.63) is 27.7 Å². The number of alkyl carbamates (subject to hydrolysis) is 1. The summed E-state index contributed by atoms with van der Waals surface area (Å²) in [7, 11) is 0. The fourth-order valence-corrected chi connectivity index (χ4v) is 2.30. The summed E-state index contributed by atoms with van der Waals surface area (Å²) in [5, 5.41) is 3.50. The highest BCUT2D eigenvalue weighted by Gasteiger charge is 2.46. The first-order valence-electron chi connectivity index (χ1n) is 6.78. The van der Waals surface area contributed by atoms with E-state index >= 15 is 0 Å². The lowest BCUT2D eigenvalue weighted by molar-refractivity contribution is 0.0477. The van der Waals surface area contributed by atoms with Gasteiger partial charge >= 0.3 is 6.09 Å². The molecule has 1 aliphatic carbocycles. The lowest BCUT2D eigenvalue weighted by atomic mass is 10.2. The Morgan fingerprint density at radius 1 is 1.43 bits per heavy atom. The Labute approximate surface area is 138 Å². The molecule has 1 aromatic rings. The van der Waals surface area contributed by atoms with Crippen LogP contribution in [0.4, 0.5) is 4.79 Å². The molecule has 0 aromatic heterocycles. The van der Waals surface area contributed by atoms with Crippen molar-refractivity contribution in [3.8, 4) is 5.75 Å². The quantitative estimate of drug-likeness (QED) is 0.839. The standard InChI is InChI=1S/C15H19BrClNO3/c1-14(2,3)21-13(19)18-15(6-7-15)9-20-12-8-10(17)4-5-11(12)16/h4-5,8H,6-7,9H2,1-3H3,(H,18,19). The smallest absolute Gasteiger partial charge is 0.408 e. The second kappa shape index (κ2) is 6.05. The van der Waals surface area contributed by atoms with Crippen LogP contribution >= 0.6 is 27.5 Å². The van der Waals surface area contributed by atoms with Gasteiger partial charge in [0.25, 0.3) is 0 Å². The number of benzene rings is 1. The van der Waals surface area contributed by atoms with E-state index in [4.69, 9.17) is 21.1 Å². The van der Waals surface area contributed by atoms with Gasteiger partial charge in [0.15, 0.2) is 0 Å². The van der Waals surface area contributed by atoms with Gasteiger partial charge in [0.1, 0.15) is 18.0 Å². The van der Waals surface area contributed by atoms with Gasteiger partial charge in [0.2, 0.25) is 0 Å². The first-order valence-corrected chi connectivity index (χ1v) is 7.95. The van der Waals surface area contributed by atoms with Crippen LogP contribution in [0.25, 0.3) is 0 Å². The molecular weight excluding hydrogens is 358 g/mol. The maximum Gasteiger partial charge on any atom is 0.408 e. The molecule has 1 fully saturated rings. The lowest BCUT2D eigenvalue weighted by Gasteiger charge is -2.23. The molecule has 0 bridgehead atoms. The average molecular weight is 377 g/mol. The molecule has 116 valence electrons. The third kappa shape index (κ3) is 5.08. The van der Waals surface area contributed by atoms with Gasteiger partial charge in [-0.2, -0.15) is 0 Å². The van der Waals surface area contributed by atoms with Crippen LogP contribution in [0.3, 0.4) is 0 Å². The van der Waals surface area contributed by atoms with E-state index in [0.717, 1.165) is 17.3 Å². The van der Waals surface area contributed by atoms with Gasteiger partial charge in [-0.05, 0) is 67.7 Å². The number of rotatable bonds is 4. The van der Waals surface area contributed by atoms with Crippen molar-refractivity contribution in [2.45, 2.75) is 44.8 Å². The van der Waals surface area contributed by atoms with Crippen molar-refractivity contribution in [1.29, 1.82) is 0 Å². The van der Waals surface area contributed by atoms with Crippen LogP contribution in [0.2, 0.25) is 5.02 Å². The number of hydrogen-bond acceptors (Lipinski definition) is 3. The molecule has 1 aliphatic rings. The second-order valence-electron chi connectivity index (χ2n) is 6.27. The first kappa shape index (κ1) is 16.4. The van der Waals surface area contributed by atoms with Gasteiger partial charge in [-0.25, -0.2) is 4.79 Å². The molecule has 0 radical (unpaired) electrons. The Balaban J connectivity index is 1.90. The summed E-state index contributed by atoms with van der Waals surface area (Å²) in [5.74, 6) is 0.666. The highest BCUT2D eigenvalue weighted by atomic mass is 79.9. The number of ether oxygens (including phenoxy) is 2. The molecule has 1 N–H and O–H groups in total. The van der Waals surface area contributed by atoms with E-state index in [1.54, 1.807) is 12.1 Å². The number of halogens is 2. The fraction of sp³-hybridized carbons (Fsp3) is 0.533. The fourth-order valence-electron chi connectivity index (χ4n) is 1.78. The van der Waals surface area contributed by atoms with Crippen molar-refractivity contribution in [2.24, 2.45) is 0 Å². The summed E-state index contributed by atoms with van der Waals surface area (Å²) in [5.41, 5.74) is -0.832. The molecule has 1 aromatic carbocycles. The molecule has 2 rings (SSSR count). The van der Waals surface area contributed by atoms with Crippen LogP contribution in [0.1, 0.15) is 33.6 Å². The highest BCUT2D eigenvalue weighted by Crippen LogP contribution is 2.37. The van der Waals surface area contributed by atoms with E-state index < -0.39 is 11.7 Å². The maximum absolute atomic E-state index is 11.8. The van der Waals surface area contributed by atoms with Crippen molar-refractivity contribution in [2.75, 3.05) is 6.61 Å². The van der Waals surface area contributed by atoms with E-state index in [0.29, 0.717) is 17.4 Å². The summed E-state index contributed by atoms with van der Waals surface area (Å²) in [6.07, 6.45) is 1.35. The predicted octanol–water partition coefficient (Wildman–Crippen LogP) is 4.54. The minimum absolute atomic E-state index is 0.329. The molecule has 6 heteroatoms. The van der Waals surface area contributed by atoms with Crippen LogP contribution in [0, 0.1) is 0 Å². The predicted molar refractivity (Wildman–Crippen MR) is 86.0 cm³/mol. The summed E-state index contributed by atoms with van der Waals surface area (Å²) >= 11 is 9.36. The highest BCUT2D eigenvalue weighted by molar-refractivity contribution is 9.10. The average Bonchev–Trinajstić information content (AvgIpc) is 3.08. The number of nitrogens with one attached hydrogen (secondary N) is 1. The third-order valence-electron chi connectivity index (χ3n) is 3.02. The van der Waals surface area contributed by atoms with Gasteiger partial charge in [-0.15, -0.1) is 0 Å². The molecule has 21 heavy (non-hydrogen) atoms. The van der Waals surface area contributed by atoms with Gasteiger partial charge in [0, 0.05) is 5.02 Å². The van der Waals surface area contributed by atoms with Gasteiger partial charge in [0.05, 0.1) is 10.0 Å². The topological polar surface area (TPSA) is 47.6 Å². The van der Waals surface area contributed by atoms with Gasteiger partial charge in [-0.3, -0.25) is 0 Å². The van der Waals surface area contributed by atoms with Crippen molar-refractivity contribution in [3.63, 3.8) is 0 Å². The molecular formula is C15H19BrClNO3. The van der Waals surface area contributed by atoms with E-state index in [9.17, 15) is 4.79 Å². The minimum atomic E-state index is -0.503. The Morgan fingerprint density at radius 3 is 2.67 bits per heavy atom. The van der Waals surface area contributed by atoms with Crippen LogP contribution in [0.15, 0.2) is 22.7 Å². The molecule has 0 heterocycles. The van der Waals surface area contributed by atoms with Crippen LogP contribution in [-0.2, 0) is 4.74 Å². The van der Waals surface area contributed by atoms with E-state index in [1.807, 2.05) is 26.8 Å².